The molecule has 0 saturated carbocycles. The number of carboxylic acids is 1. The van der Waals surface area contributed by atoms with E-state index in [9.17, 15) is 9.59 Å². The Kier molecular flexibility index (Phi) is 2.47. The Morgan fingerprint density at radius 1 is 1.38 bits per heavy atom. The average molecular weight is 217 g/mol. The smallest absolute Gasteiger partial charge is 0.356 e. The van der Waals surface area contributed by atoms with E-state index in [0.29, 0.717) is 5.69 Å². The van der Waals surface area contributed by atoms with Crippen molar-refractivity contribution in [2.45, 2.75) is 0 Å². The van der Waals surface area contributed by atoms with Crippen molar-refractivity contribution in [1.82, 2.24) is 15.0 Å². The van der Waals surface area contributed by atoms with Crippen LogP contribution in [0.5, 0.6) is 0 Å². The number of nitrogens with zero attached hydrogens (tertiary/aromatic N) is 2. The van der Waals surface area contributed by atoms with Gasteiger partial charge >= 0.3 is 5.97 Å². The zero-order valence-corrected chi connectivity index (χ0v) is 8.04. The van der Waals surface area contributed by atoms with E-state index in [2.05, 4.69) is 15.0 Å². The predicted octanol–water partition coefficient (Wildman–Crippen LogP) is 0.530. The molecule has 0 saturated heterocycles. The Labute approximate surface area is 89.6 Å². The molecule has 2 aromatic heterocycles. The van der Waals surface area contributed by atoms with Crippen LogP contribution in [0.2, 0.25) is 0 Å². The number of carbonyl (C=O) groups is 1. The molecule has 2 N–H and O–H groups in total. The van der Waals surface area contributed by atoms with Crippen molar-refractivity contribution in [2.75, 3.05) is 0 Å². The Morgan fingerprint density at radius 3 is 2.81 bits per heavy atom. The molecule has 0 atom stereocenters. The van der Waals surface area contributed by atoms with Gasteiger partial charge in [0.2, 0.25) is 0 Å². The number of aromatic nitrogens is 3. The van der Waals surface area contributed by atoms with E-state index >= 15 is 0 Å². The van der Waals surface area contributed by atoms with Crippen molar-refractivity contribution < 1.29 is 9.90 Å². The standard InChI is InChI=1S/C10H7N3O3/c14-9-8(6-3-1-2-4-11-6)13-7(5-12-9)10(15)16/h1-5H,(H,12,14)(H,15,16). The summed E-state index contributed by atoms with van der Waals surface area (Å²) in [6.07, 6.45) is 2.56. The SMILES string of the molecule is O=C(O)c1c[nH]c(=O)c(-c2ccccn2)n1. The van der Waals surface area contributed by atoms with Crippen LogP contribution >= 0.6 is 0 Å². The summed E-state index contributed by atoms with van der Waals surface area (Å²) in [4.78, 5) is 32.1. The number of hydrogen-bond donors (Lipinski definition) is 2. The van der Waals surface area contributed by atoms with Gasteiger partial charge in [0.15, 0.2) is 11.4 Å². The van der Waals surface area contributed by atoms with E-state index in [-0.39, 0.29) is 11.4 Å². The van der Waals surface area contributed by atoms with Gasteiger partial charge in [0, 0.05) is 12.4 Å². The molecule has 80 valence electrons. The lowest BCUT2D eigenvalue weighted by atomic mass is 10.2. The number of hydrogen-bond acceptors (Lipinski definition) is 4. The first-order valence-corrected chi connectivity index (χ1v) is 4.43. The zero-order valence-electron chi connectivity index (χ0n) is 8.04. The van der Waals surface area contributed by atoms with Gasteiger partial charge in [-0.2, -0.15) is 0 Å². The summed E-state index contributed by atoms with van der Waals surface area (Å²) in [5, 5.41) is 8.74. The predicted molar refractivity (Wildman–Crippen MR) is 55.0 cm³/mol. The van der Waals surface area contributed by atoms with Gasteiger partial charge in [0.05, 0.1) is 5.69 Å². The molecule has 0 radical (unpaired) electrons. The van der Waals surface area contributed by atoms with E-state index in [1.54, 1.807) is 18.2 Å². The van der Waals surface area contributed by atoms with E-state index in [4.69, 9.17) is 5.11 Å². The third kappa shape index (κ3) is 1.81. The van der Waals surface area contributed by atoms with Crippen molar-refractivity contribution in [1.29, 1.82) is 0 Å². The number of rotatable bonds is 2. The number of aromatic amines is 1. The lowest BCUT2D eigenvalue weighted by Gasteiger charge is -1.99. The Hall–Kier alpha value is -2.50. The molecule has 0 aliphatic rings. The van der Waals surface area contributed by atoms with Crippen LogP contribution in [0.15, 0.2) is 35.4 Å². The minimum atomic E-state index is -1.20. The summed E-state index contributed by atoms with van der Waals surface area (Å²) < 4.78 is 0. The molecule has 0 bridgehead atoms. The second kappa shape index (κ2) is 3.93. The van der Waals surface area contributed by atoms with Gasteiger partial charge in [-0.05, 0) is 12.1 Å². The topological polar surface area (TPSA) is 95.9 Å². The molecule has 0 unspecified atom stereocenters. The van der Waals surface area contributed by atoms with Crippen LogP contribution in [-0.4, -0.2) is 26.0 Å². The molecule has 0 fully saturated rings. The molecule has 0 aliphatic heterocycles. The van der Waals surface area contributed by atoms with Gasteiger partial charge in [-0.1, -0.05) is 6.07 Å². The molecule has 0 amide bonds. The van der Waals surface area contributed by atoms with E-state index < -0.39 is 11.5 Å². The molecular formula is C10H7N3O3. The molecule has 2 aromatic rings. The molecule has 2 heterocycles. The van der Waals surface area contributed by atoms with Gasteiger partial charge in [-0.15, -0.1) is 0 Å². The molecule has 6 heteroatoms. The van der Waals surface area contributed by atoms with Crippen molar-refractivity contribution in [3.8, 4) is 11.4 Å². The highest BCUT2D eigenvalue weighted by Crippen LogP contribution is 2.08. The summed E-state index contributed by atoms with van der Waals surface area (Å²) in [6, 6.07) is 4.97. The Balaban J connectivity index is 2.61. The van der Waals surface area contributed by atoms with Gasteiger partial charge < -0.3 is 10.1 Å². The number of H-pyrrole nitrogens is 1. The molecular weight excluding hydrogens is 210 g/mol. The maximum absolute atomic E-state index is 11.4. The summed E-state index contributed by atoms with van der Waals surface area (Å²) >= 11 is 0. The molecule has 0 aliphatic carbocycles. The molecule has 0 spiro atoms. The highest BCUT2D eigenvalue weighted by Gasteiger charge is 2.11. The summed E-state index contributed by atoms with van der Waals surface area (Å²) in [6.45, 7) is 0. The van der Waals surface area contributed by atoms with Crippen molar-refractivity contribution >= 4 is 5.97 Å². The maximum Gasteiger partial charge on any atom is 0.356 e. The van der Waals surface area contributed by atoms with E-state index in [1.807, 2.05) is 0 Å². The van der Waals surface area contributed by atoms with Crippen LogP contribution in [0.25, 0.3) is 11.4 Å². The van der Waals surface area contributed by atoms with Crippen LogP contribution in [0.1, 0.15) is 10.5 Å². The normalized spacial score (nSPS) is 10.0. The van der Waals surface area contributed by atoms with E-state index in [0.717, 1.165) is 6.20 Å². The minimum Gasteiger partial charge on any atom is -0.476 e. The second-order valence-electron chi connectivity index (χ2n) is 2.98. The second-order valence-corrected chi connectivity index (χ2v) is 2.98. The third-order valence-corrected chi connectivity index (χ3v) is 1.91. The fourth-order valence-electron chi connectivity index (χ4n) is 1.19. The van der Waals surface area contributed by atoms with Crippen LogP contribution in [-0.2, 0) is 0 Å². The largest absolute Gasteiger partial charge is 0.476 e. The van der Waals surface area contributed by atoms with Crippen LogP contribution < -0.4 is 5.56 Å². The van der Waals surface area contributed by atoms with Gasteiger partial charge in [-0.3, -0.25) is 9.78 Å². The van der Waals surface area contributed by atoms with Crippen molar-refractivity contribution in [3.63, 3.8) is 0 Å². The number of carboxylic acid groups (broad SMARTS) is 1. The molecule has 16 heavy (non-hydrogen) atoms. The van der Waals surface area contributed by atoms with Gasteiger partial charge in [0.1, 0.15) is 0 Å². The Bertz CT molecular complexity index is 577. The van der Waals surface area contributed by atoms with Crippen LogP contribution in [0, 0.1) is 0 Å². The van der Waals surface area contributed by atoms with Gasteiger partial charge in [0.25, 0.3) is 5.56 Å². The first kappa shape index (κ1) is 10.0. The summed E-state index contributed by atoms with van der Waals surface area (Å²) in [7, 11) is 0. The molecule has 2 rings (SSSR count). The van der Waals surface area contributed by atoms with Gasteiger partial charge in [-0.25, -0.2) is 9.78 Å². The zero-order chi connectivity index (χ0) is 11.5. The van der Waals surface area contributed by atoms with Crippen molar-refractivity contribution in [2.24, 2.45) is 0 Å². The molecule has 0 aromatic carbocycles. The fourth-order valence-corrected chi connectivity index (χ4v) is 1.19. The van der Waals surface area contributed by atoms with Crippen LogP contribution in [0.3, 0.4) is 0 Å². The lowest BCUT2D eigenvalue weighted by molar-refractivity contribution is 0.0690. The monoisotopic (exact) mass is 217 g/mol. The first-order valence-electron chi connectivity index (χ1n) is 4.43. The third-order valence-electron chi connectivity index (χ3n) is 1.91. The number of nitrogens with one attached hydrogen (secondary N) is 1. The quantitative estimate of drug-likeness (QED) is 0.764. The summed E-state index contributed by atoms with van der Waals surface area (Å²) in [5.74, 6) is -1.20. The lowest BCUT2D eigenvalue weighted by Crippen LogP contribution is -2.15. The average Bonchev–Trinajstić information content (AvgIpc) is 2.30. The fraction of sp³-hybridized carbons (Fsp3) is 0. The first-order chi connectivity index (χ1) is 7.68. The summed E-state index contributed by atoms with van der Waals surface area (Å²) in [5.41, 5.74) is -0.351. The maximum atomic E-state index is 11.4. The minimum absolute atomic E-state index is 0.000463. The highest BCUT2D eigenvalue weighted by molar-refractivity contribution is 5.85. The highest BCUT2D eigenvalue weighted by atomic mass is 16.4. The number of pyridine rings is 1. The number of aromatic carboxylic acids is 1. The molecule has 6 nitrogen and oxygen atoms in total. The Morgan fingerprint density at radius 2 is 2.19 bits per heavy atom. The van der Waals surface area contributed by atoms with Crippen LogP contribution in [0.4, 0.5) is 0 Å². The van der Waals surface area contributed by atoms with E-state index in [1.165, 1.54) is 6.20 Å². The van der Waals surface area contributed by atoms with Crippen molar-refractivity contribution in [3.05, 3.63) is 46.6 Å².